The van der Waals surface area contributed by atoms with Gasteiger partial charge >= 0.3 is 5.97 Å². The van der Waals surface area contributed by atoms with Crippen molar-refractivity contribution in [2.75, 3.05) is 26.0 Å². The molecule has 0 aliphatic carbocycles. The Morgan fingerprint density at radius 1 is 1.41 bits per heavy atom. The SMILES string of the molecule is CNc1ccc(Cl)cc1C(=O)NCC(=O)OC. The number of hydrogen-bond acceptors (Lipinski definition) is 4. The molecule has 5 nitrogen and oxygen atoms in total. The van der Waals surface area contributed by atoms with E-state index >= 15 is 0 Å². The third-order valence-electron chi connectivity index (χ3n) is 2.12. The van der Waals surface area contributed by atoms with Crippen molar-refractivity contribution in [3.63, 3.8) is 0 Å². The second kappa shape index (κ2) is 6.10. The second-order valence-corrected chi connectivity index (χ2v) is 3.64. The van der Waals surface area contributed by atoms with Gasteiger partial charge in [0.2, 0.25) is 0 Å². The van der Waals surface area contributed by atoms with E-state index in [1.165, 1.54) is 13.2 Å². The van der Waals surface area contributed by atoms with Crippen LogP contribution in [-0.2, 0) is 9.53 Å². The molecular formula is C11H13ClN2O3. The molecule has 0 heterocycles. The topological polar surface area (TPSA) is 67.4 Å². The van der Waals surface area contributed by atoms with Crippen molar-refractivity contribution < 1.29 is 14.3 Å². The van der Waals surface area contributed by atoms with E-state index in [2.05, 4.69) is 15.4 Å². The number of esters is 1. The first-order chi connectivity index (χ1) is 8.08. The quantitative estimate of drug-likeness (QED) is 0.797. The number of benzene rings is 1. The van der Waals surface area contributed by atoms with E-state index in [1.807, 2.05) is 0 Å². The van der Waals surface area contributed by atoms with Crippen molar-refractivity contribution in [3.05, 3.63) is 28.8 Å². The van der Waals surface area contributed by atoms with Gasteiger partial charge in [-0.2, -0.15) is 0 Å². The molecule has 0 saturated heterocycles. The van der Waals surface area contributed by atoms with Gasteiger partial charge in [-0.15, -0.1) is 0 Å². The normalized spacial score (nSPS) is 9.59. The summed E-state index contributed by atoms with van der Waals surface area (Å²) in [6, 6.07) is 4.89. The van der Waals surface area contributed by atoms with Gasteiger partial charge in [0.05, 0.1) is 12.7 Å². The number of hydrogen-bond donors (Lipinski definition) is 2. The molecule has 1 amide bonds. The van der Waals surface area contributed by atoms with Crippen LogP contribution in [0.4, 0.5) is 5.69 Å². The Balaban J connectivity index is 2.80. The molecule has 1 aromatic rings. The number of anilines is 1. The number of ether oxygens (including phenoxy) is 1. The van der Waals surface area contributed by atoms with Crippen LogP contribution in [0.5, 0.6) is 0 Å². The summed E-state index contributed by atoms with van der Waals surface area (Å²) in [4.78, 5) is 22.7. The maximum Gasteiger partial charge on any atom is 0.325 e. The highest BCUT2D eigenvalue weighted by atomic mass is 35.5. The number of carbonyl (C=O) groups is 2. The lowest BCUT2D eigenvalue weighted by atomic mass is 10.1. The van der Waals surface area contributed by atoms with Gasteiger partial charge in [-0.25, -0.2) is 0 Å². The standard InChI is InChI=1S/C11H13ClN2O3/c1-13-9-4-3-7(12)5-8(9)11(16)14-6-10(15)17-2/h3-5,13H,6H2,1-2H3,(H,14,16). The highest BCUT2D eigenvalue weighted by Crippen LogP contribution is 2.19. The fourth-order valence-corrected chi connectivity index (χ4v) is 1.41. The van der Waals surface area contributed by atoms with Gasteiger partial charge in [0, 0.05) is 17.8 Å². The van der Waals surface area contributed by atoms with E-state index < -0.39 is 5.97 Å². The average Bonchev–Trinajstić information content (AvgIpc) is 2.35. The molecule has 0 spiro atoms. The first kappa shape index (κ1) is 13.3. The molecule has 0 aromatic heterocycles. The van der Waals surface area contributed by atoms with E-state index in [1.54, 1.807) is 19.2 Å². The molecule has 17 heavy (non-hydrogen) atoms. The van der Waals surface area contributed by atoms with Crippen LogP contribution in [0.3, 0.4) is 0 Å². The average molecular weight is 257 g/mol. The summed E-state index contributed by atoms with van der Waals surface area (Å²) in [5, 5.41) is 5.76. The van der Waals surface area contributed by atoms with Gasteiger partial charge < -0.3 is 15.4 Å². The first-order valence-corrected chi connectivity index (χ1v) is 5.28. The molecule has 0 aliphatic rings. The Kier molecular flexibility index (Phi) is 4.78. The molecule has 0 bridgehead atoms. The molecule has 6 heteroatoms. The van der Waals surface area contributed by atoms with E-state index in [0.717, 1.165) is 0 Å². The van der Waals surface area contributed by atoms with Gasteiger partial charge in [-0.1, -0.05) is 11.6 Å². The van der Waals surface area contributed by atoms with Crippen LogP contribution >= 0.6 is 11.6 Å². The monoisotopic (exact) mass is 256 g/mol. The van der Waals surface area contributed by atoms with E-state index in [4.69, 9.17) is 11.6 Å². The fraction of sp³-hybridized carbons (Fsp3) is 0.273. The first-order valence-electron chi connectivity index (χ1n) is 4.90. The van der Waals surface area contributed by atoms with Crippen molar-refractivity contribution in [3.8, 4) is 0 Å². The van der Waals surface area contributed by atoms with Crippen LogP contribution in [-0.4, -0.2) is 32.6 Å². The summed E-state index contributed by atoms with van der Waals surface area (Å²) >= 11 is 5.81. The summed E-state index contributed by atoms with van der Waals surface area (Å²) in [5.74, 6) is -0.895. The zero-order valence-electron chi connectivity index (χ0n) is 9.54. The van der Waals surface area contributed by atoms with Crippen LogP contribution < -0.4 is 10.6 Å². The molecule has 0 aliphatic heterocycles. The predicted octanol–water partition coefficient (Wildman–Crippen LogP) is 1.28. The summed E-state index contributed by atoms with van der Waals surface area (Å²) in [7, 11) is 2.95. The number of rotatable bonds is 4. The zero-order valence-corrected chi connectivity index (χ0v) is 10.3. The van der Waals surface area contributed by atoms with E-state index in [-0.39, 0.29) is 12.5 Å². The number of carbonyl (C=O) groups excluding carboxylic acids is 2. The largest absolute Gasteiger partial charge is 0.468 e. The molecule has 92 valence electrons. The minimum Gasteiger partial charge on any atom is -0.468 e. The Morgan fingerprint density at radius 2 is 2.12 bits per heavy atom. The van der Waals surface area contributed by atoms with Crippen LogP contribution in [0.25, 0.3) is 0 Å². The third-order valence-corrected chi connectivity index (χ3v) is 2.35. The summed E-state index contributed by atoms with van der Waals surface area (Å²) in [5.41, 5.74) is 1.01. The Labute approximate surface area is 104 Å². The van der Waals surface area contributed by atoms with Crippen LogP contribution in [0.1, 0.15) is 10.4 Å². The lowest BCUT2D eigenvalue weighted by molar-refractivity contribution is -0.139. The molecule has 0 radical (unpaired) electrons. The minimum absolute atomic E-state index is 0.176. The van der Waals surface area contributed by atoms with E-state index in [0.29, 0.717) is 16.3 Å². The maximum absolute atomic E-state index is 11.8. The van der Waals surface area contributed by atoms with Gasteiger partial charge in [0.1, 0.15) is 6.54 Å². The van der Waals surface area contributed by atoms with E-state index in [9.17, 15) is 9.59 Å². The number of halogens is 1. The number of nitrogens with one attached hydrogen (secondary N) is 2. The molecule has 0 saturated carbocycles. The Hall–Kier alpha value is -1.75. The lowest BCUT2D eigenvalue weighted by Gasteiger charge is -2.09. The van der Waals surface area contributed by atoms with Gasteiger partial charge in [0.25, 0.3) is 5.91 Å². The molecule has 0 atom stereocenters. The summed E-state index contributed by atoms with van der Waals surface area (Å²) in [6.45, 7) is -0.176. The second-order valence-electron chi connectivity index (χ2n) is 3.20. The predicted molar refractivity (Wildman–Crippen MR) is 65.3 cm³/mol. The lowest BCUT2D eigenvalue weighted by Crippen LogP contribution is -2.30. The molecule has 0 fully saturated rings. The smallest absolute Gasteiger partial charge is 0.325 e. The van der Waals surface area contributed by atoms with Gasteiger partial charge in [-0.05, 0) is 18.2 Å². The van der Waals surface area contributed by atoms with Crippen molar-refractivity contribution in [1.82, 2.24) is 5.32 Å². The Bertz CT molecular complexity index is 435. The fourth-order valence-electron chi connectivity index (χ4n) is 1.24. The van der Waals surface area contributed by atoms with Crippen molar-refractivity contribution in [2.45, 2.75) is 0 Å². The van der Waals surface area contributed by atoms with Gasteiger partial charge in [-0.3, -0.25) is 9.59 Å². The zero-order chi connectivity index (χ0) is 12.8. The highest BCUT2D eigenvalue weighted by molar-refractivity contribution is 6.31. The van der Waals surface area contributed by atoms with Gasteiger partial charge in [0.15, 0.2) is 0 Å². The molecule has 0 unspecified atom stereocenters. The number of amides is 1. The summed E-state index contributed by atoms with van der Waals surface area (Å²) in [6.07, 6.45) is 0. The van der Waals surface area contributed by atoms with Crippen LogP contribution in [0.15, 0.2) is 18.2 Å². The summed E-state index contributed by atoms with van der Waals surface area (Å²) < 4.78 is 4.42. The van der Waals surface area contributed by atoms with Crippen molar-refractivity contribution in [2.24, 2.45) is 0 Å². The highest BCUT2D eigenvalue weighted by Gasteiger charge is 2.12. The third kappa shape index (κ3) is 3.64. The van der Waals surface area contributed by atoms with Crippen molar-refractivity contribution in [1.29, 1.82) is 0 Å². The maximum atomic E-state index is 11.8. The Morgan fingerprint density at radius 3 is 2.71 bits per heavy atom. The molecule has 1 aromatic carbocycles. The van der Waals surface area contributed by atoms with Crippen LogP contribution in [0.2, 0.25) is 5.02 Å². The minimum atomic E-state index is -0.508. The van der Waals surface area contributed by atoms with Crippen LogP contribution in [0, 0.1) is 0 Å². The number of methoxy groups -OCH3 is 1. The van der Waals surface area contributed by atoms with Crippen molar-refractivity contribution >= 4 is 29.2 Å². The molecule has 2 N–H and O–H groups in total. The molecular weight excluding hydrogens is 244 g/mol. The molecule has 1 rings (SSSR count).